The van der Waals surface area contributed by atoms with E-state index in [0.717, 1.165) is 0 Å². The monoisotopic (exact) mass is 248 g/mol. The number of carbonyl (C=O) groups excluding carboxylic acids is 1. The number of esters is 1. The first-order chi connectivity index (χ1) is 7.34. The van der Waals surface area contributed by atoms with Crippen LogP contribution in [0.1, 0.15) is 27.7 Å². The van der Waals surface area contributed by atoms with Crippen molar-refractivity contribution in [2.45, 2.75) is 33.3 Å². The SMILES string of the molecule is CCOP(=O)(OCC)C1=CC(C)(C)OC1=O. The highest BCUT2D eigenvalue weighted by molar-refractivity contribution is 7.60. The van der Waals surface area contributed by atoms with Crippen LogP contribution in [0.5, 0.6) is 0 Å². The van der Waals surface area contributed by atoms with Crippen molar-refractivity contribution in [3.8, 4) is 0 Å². The summed E-state index contributed by atoms with van der Waals surface area (Å²) in [6.07, 6.45) is 1.50. The fraction of sp³-hybridized carbons (Fsp3) is 0.700. The van der Waals surface area contributed by atoms with Crippen LogP contribution < -0.4 is 0 Å². The molecule has 5 nitrogen and oxygen atoms in total. The number of ether oxygens (including phenoxy) is 1. The normalized spacial score (nSPS) is 19.5. The fourth-order valence-corrected chi connectivity index (χ4v) is 3.19. The Kier molecular flexibility index (Phi) is 3.94. The highest BCUT2D eigenvalue weighted by Crippen LogP contribution is 2.58. The molecule has 0 aromatic carbocycles. The molecular weight excluding hydrogens is 231 g/mol. The zero-order valence-electron chi connectivity index (χ0n) is 9.98. The van der Waals surface area contributed by atoms with Crippen molar-refractivity contribution in [1.29, 1.82) is 0 Å². The molecule has 0 saturated carbocycles. The smallest absolute Gasteiger partial charge is 0.368 e. The van der Waals surface area contributed by atoms with E-state index < -0.39 is 19.2 Å². The van der Waals surface area contributed by atoms with Gasteiger partial charge < -0.3 is 13.8 Å². The quantitative estimate of drug-likeness (QED) is 0.552. The molecule has 0 atom stereocenters. The summed E-state index contributed by atoms with van der Waals surface area (Å²) in [6, 6.07) is 0. The lowest BCUT2D eigenvalue weighted by atomic mass is 10.1. The standard InChI is InChI=1S/C10H17O5P/c1-5-13-16(12,14-6-2)8-7-10(3,4)15-9(8)11/h7H,5-6H2,1-4H3. The van der Waals surface area contributed by atoms with Gasteiger partial charge in [0.1, 0.15) is 10.9 Å². The molecule has 0 aromatic heterocycles. The van der Waals surface area contributed by atoms with Crippen LogP contribution in [-0.2, 0) is 23.1 Å². The molecule has 0 N–H and O–H groups in total. The second-order valence-corrected chi connectivity index (χ2v) is 5.85. The Labute approximate surface area is 95.3 Å². The van der Waals surface area contributed by atoms with Gasteiger partial charge in [-0.05, 0) is 33.8 Å². The molecule has 0 spiro atoms. The second-order valence-electron chi connectivity index (χ2n) is 3.86. The Morgan fingerprint density at radius 3 is 2.12 bits per heavy atom. The Morgan fingerprint density at radius 2 is 1.81 bits per heavy atom. The van der Waals surface area contributed by atoms with Crippen LogP contribution in [0.4, 0.5) is 0 Å². The van der Waals surface area contributed by atoms with Crippen molar-refractivity contribution in [3.05, 3.63) is 11.4 Å². The predicted octanol–water partition coefficient (Wildman–Crippen LogP) is 2.47. The number of cyclic esters (lactones) is 1. The van der Waals surface area contributed by atoms with Gasteiger partial charge in [0.2, 0.25) is 0 Å². The van der Waals surface area contributed by atoms with Gasteiger partial charge >= 0.3 is 13.6 Å². The Balaban J connectivity index is 3.05. The summed E-state index contributed by atoms with van der Waals surface area (Å²) in [5, 5.41) is 0.00111. The van der Waals surface area contributed by atoms with Gasteiger partial charge in [-0.2, -0.15) is 0 Å². The van der Waals surface area contributed by atoms with Crippen LogP contribution in [0, 0.1) is 0 Å². The van der Waals surface area contributed by atoms with E-state index in [9.17, 15) is 9.36 Å². The maximum atomic E-state index is 12.3. The maximum Gasteiger partial charge on any atom is 0.368 e. The molecule has 0 amide bonds. The molecule has 0 radical (unpaired) electrons. The van der Waals surface area contributed by atoms with Crippen molar-refractivity contribution in [2.75, 3.05) is 13.2 Å². The minimum atomic E-state index is -3.52. The minimum Gasteiger partial charge on any atom is -0.452 e. The molecule has 1 heterocycles. The molecule has 1 rings (SSSR count). The van der Waals surface area contributed by atoms with Crippen LogP contribution >= 0.6 is 7.60 Å². The van der Waals surface area contributed by atoms with E-state index in [-0.39, 0.29) is 18.5 Å². The zero-order valence-corrected chi connectivity index (χ0v) is 10.9. The van der Waals surface area contributed by atoms with E-state index in [0.29, 0.717) is 0 Å². The van der Waals surface area contributed by atoms with E-state index in [4.69, 9.17) is 13.8 Å². The number of rotatable bonds is 5. The number of hydrogen-bond donors (Lipinski definition) is 0. The molecule has 0 aromatic rings. The van der Waals surface area contributed by atoms with Gasteiger partial charge in [0.15, 0.2) is 0 Å². The van der Waals surface area contributed by atoms with Crippen LogP contribution in [0.3, 0.4) is 0 Å². The topological polar surface area (TPSA) is 61.8 Å². The molecule has 0 saturated heterocycles. The zero-order chi connectivity index (χ0) is 12.4. The van der Waals surface area contributed by atoms with Crippen LogP contribution in [0.15, 0.2) is 11.4 Å². The maximum absolute atomic E-state index is 12.3. The summed E-state index contributed by atoms with van der Waals surface area (Å²) in [5.41, 5.74) is -0.754. The summed E-state index contributed by atoms with van der Waals surface area (Å²) in [6.45, 7) is 7.22. The summed E-state index contributed by atoms with van der Waals surface area (Å²) in [5.74, 6) is -0.629. The third-order valence-electron chi connectivity index (χ3n) is 1.94. The van der Waals surface area contributed by atoms with Crippen LogP contribution in [0.2, 0.25) is 0 Å². The Morgan fingerprint density at radius 1 is 1.31 bits per heavy atom. The molecule has 16 heavy (non-hydrogen) atoms. The summed E-state index contributed by atoms with van der Waals surface area (Å²) in [7, 11) is -3.52. The van der Waals surface area contributed by atoms with Crippen molar-refractivity contribution in [1.82, 2.24) is 0 Å². The van der Waals surface area contributed by atoms with E-state index in [1.165, 1.54) is 6.08 Å². The third-order valence-corrected chi connectivity index (χ3v) is 4.04. The molecule has 0 fully saturated rings. The molecule has 0 unspecified atom stereocenters. The van der Waals surface area contributed by atoms with Gasteiger partial charge in [0, 0.05) is 0 Å². The molecular formula is C10H17O5P. The van der Waals surface area contributed by atoms with Crippen LogP contribution in [0.25, 0.3) is 0 Å². The van der Waals surface area contributed by atoms with Gasteiger partial charge in [-0.3, -0.25) is 4.57 Å². The number of carbonyl (C=O) groups is 1. The van der Waals surface area contributed by atoms with Gasteiger partial charge in [0.25, 0.3) is 0 Å². The first kappa shape index (κ1) is 13.4. The van der Waals surface area contributed by atoms with Crippen molar-refractivity contribution in [3.63, 3.8) is 0 Å². The average Bonchev–Trinajstić information content (AvgIpc) is 2.41. The second kappa shape index (κ2) is 4.70. The lowest BCUT2D eigenvalue weighted by Crippen LogP contribution is -2.18. The molecule has 1 aliphatic heterocycles. The highest BCUT2D eigenvalue weighted by Gasteiger charge is 2.44. The highest BCUT2D eigenvalue weighted by atomic mass is 31.2. The van der Waals surface area contributed by atoms with Crippen molar-refractivity contribution >= 4 is 13.6 Å². The Bertz CT molecular complexity index is 348. The lowest BCUT2D eigenvalue weighted by Gasteiger charge is -2.15. The van der Waals surface area contributed by atoms with Crippen LogP contribution in [-0.4, -0.2) is 24.8 Å². The van der Waals surface area contributed by atoms with E-state index >= 15 is 0 Å². The molecule has 6 heteroatoms. The largest absolute Gasteiger partial charge is 0.452 e. The molecule has 0 aliphatic carbocycles. The summed E-state index contributed by atoms with van der Waals surface area (Å²) >= 11 is 0. The van der Waals surface area contributed by atoms with Crippen molar-refractivity contribution < 1.29 is 23.1 Å². The van der Waals surface area contributed by atoms with Gasteiger partial charge in [0.05, 0.1) is 13.2 Å². The summed E-state index contributed by atoms with van der Waals surface area (Å²) in [4.78, 5) is 11.6. The Hall–Kier alpha value is -0.640. The molecule has 1 aliphatic rings. The van der Waals surface area contributed by atoms with E-state index in [2.05, 4.69) is 0 Å². The van der Waals surface area contributed by atoms with Crippen molar-refractivity contribution in [2.24, 2.45) is 0 Å². The van der Waals surface area contributed by atoms with E-state index in [1.54, 1.807) is 27.7 Å². The van der Waals surface area contributed by atoms with Gasteiger partial charge in [-0.15, -0.1) is 0 Å². The number of hydrogen-bond acceptors (Lipinski definition) is 5. The van der Waals surface area contributed by atoms with Gasteiger partial charge in [-0.1, -0.05) is 0 Å². The molecule has 0 bridgehead atoms. The first-order valence-electron chi connectivity index (χ1n) is 5.20. The minimum absolute atomic E-state index is 0.00111. The first-order valence-corrected chi connectivity index (χ1v) is 6.75. The average molecular weight is 248 g/mol. The fourth-order valence-electron chi connectivity index (χ4n) is 1.42. The lowest BCUT2D eigenvalue weighted by molar-refractivity contribution is -0.143. The molecule has 92 valence electrons. The third kappa shape index (κ3) is 2.73. The summed E-state index contributed by atoms with van der Waals surface area (Å²) < 4.78 is 27.5. The van der Waals surface area contributed by atoms with Gasteiger partial charge in [-0.25, -0.2) is 4.79 Å². The van der Waals surface area contributed by atoms with E-state index in [1.807, 2.05) is 0 Å². The predicted molar refractivity (Wildman–Crippen MR) is 59.1 cm³/mol.